The fourth-order valence-corrected chi connectivity index (χ4v) is 4.16. The standard InChI is InChI=1S/C12H24N2S/c1-15-12-7-3-6-11(12)14-10-5-2-4-9(10)8-13/h9-12,14H,2-8,13H2,1H3. The zero-order valence-electron chi connectivity index (χ0n) is 9.74. The van der Waals surface area contributed by atoms with E-state index in [-0.39, 0.29) is 0 Å². The number of thioether (sulfide) groups is 1. The third-order valence-electron chi connectivity index (χ3n) is 4.15. The summed E-state index contributed by atoms with van der Waals surface area (Å²) < 4.78 is 0. The molecule has 2 nitrogen and oxygen atoms in total. The first kappa shape index (κ1) is 11.7. The van der Waals surface area contributed by atoms with Gasteiger partial charge in [-0.3, -0.25) is 0 Å². The number of rotatable bonds is 4. The lowest BCUT2D eigenvalue weighted by atomic mass is 10.0. The largest absolute Gasteiger partial charge is 0.330 e. The smallest absolute Gasteiger partial charge is 0.0198 e. The molecule has 2 saturated carbocycles. The maximum absolute atomic E-state index is 5.82. The van der Waals surface area contributed by atoms with E-state index < -0.39 is 0 Å². The van der Waals surface area contributed by atoms with Crippen molar-refractivity contribution >= 4 is 11.8 Å². The van der Waals surface area contributed by atoms with E-state index in [0.717, 1.165) is 23.8 Å². The van der Waals surface area contributed by atoms with Gasteiger partial charge in [0, 0.05) is 17.3 Å². The van der Waals surface area contributed by atoms with Gasteiger partial charge in [-0.15, -0.1) is 0 Å². The molecular formula is C12H24N2S. The van der Waals surface area contributed by atoms with E-state index in [4.69, 9.17) is 5.73 Å². The van der Waals surface area contributed by atoms with E-state index in [1.807, 2.05) is 11.8 Å². The molecule has 0 aromatic heterocycles. The molecule has 0 radical (unpaired) electrons. The Morgan fingerprint density at radius 2 is 1.87 bits per heavy atom. The monoisotopic (exact) mass is 228 g/mol. The van der Waals surface area contributed by atoms with Gasteiger partial charge in [0.1, 0.15) is 0 Å². The minimum absolute atomic E-state index is 0.716. The van der Waals surface area contributed by atoms with Crippen LogP contribution in [0.3, 0.4) is 0 Å². The summed E-state index contributed by atoms with van der Waals surface area (Å²) in [6, 6.07) is 1.48. The van der Waals surface area contributed by atoms with Crippen LogP contribution in [0, 0.1) is 5.92 Å². The van der Waals surface area contributed by atoms with Crippen molar-refractivity contribution in [1.82, 2.24) is 5.32 Å². The maximum atomic E-state index is 5.82. The van der Waals surface area contributed by atoms with Crippen molar-refractivity contribution in [3.05, 3.63) is 0 Å². The van der Waals surface area contributed by atoms with Gasteiger partial charge in [0.05, 0.1) is 0 Å². The molecule has 0 bridgehead atoms. The van der Waals surface area contributed by atoms with Gasteiger partial charge < -0.3 is 11.1 Å². The molecule has 0 aromatic carbocycles. The van der Waals surface area contributed by atoms with Crippen LogP contribution in [0.25, 0.3) is 0 Å². The van der Waals surface area contributed by atoms with Crippen LogP contribution in [0.2, 0.25) is 0 Å². The molecule has 2 rings (SSSR count). The predicted octanol–water partition coefficient (Wildman–Crippen LogP) is 1.99. The van der Waals surface area contributed by atoms with Crippen molar-refractivity contribution in [2.24, 2.45) is 11.7 Å². The van der Waals surface area contributed by atoms with Gasteiger partial charge in [-0.1, -0.05) is 12.8 Å². The van der Waals surface area contributed by atoms with Crippen molar-refractivity contribution in [1.29, 1.82) is 0 Å². The molecule has 0 aromatic rings. The molecule has 15 heavy (non-hydrogen) atoms. The molecule has 4 atom stereocenters. The maximum Gasteiger partial charge on any atom is 0.0198 e. The van der Waals surface area contributed by atoms with E-state index in [0.29, 0.717) is 6.04 Å². The minimum atomic E-state index is 0.716. The summed E-state index contributed by atoms with van der Waals surface area (Å²) in [6.45, 7) is 0.869. The number of nitrogens with one attached hydrogen (secondary N) is 1. The fourth-order valence-electron chi connectivity index (χ4n) is 3.21. The highest BCUT2D eigenvalue weighted by Gasteiger charge is 2.32. The highest BCUT2D eigenvalue weighted by molar-refractivity contribution is 7.99. The van der Waals surface area contributed by atoms with Gasteiger partial charge in [0.2, 0.25) is 0 Å². The van der Waals surface area contributed by atoms with Crippen molar-refractivity contribution in [2.75, 3.05) is 12.8 Å². The molecule has 0 saturated heterocycles. The normalized spacial score (nSPS) is 41.2. The fraction of sp³-hybridized carbons (Fsp3) is 1.00. The lowest BCUT2D eigenvalue weighted by Gasteiger charge is -2.27. The summed E-state index contributed by atoms with van der Waals surface area (Å²) in [4.78, 5) is 0. The first-order valence-corrected chi connectivity index (χ1v) is 7.63. The first-order chi connectivity index (χ1) is 7.35. The van der Waals surface area contributed by atoms with Crippen molar-refractivity contribution < 1.29 is 0 Å². The zero-order valence-corrected chi connectivity index (χ0v) is 10.6. The third kappa shape index (κ3) is 2.69. The number of hydrogen-bond acceptors (Lipinski definition) is 3. The lowest BCUT2D eigenvalue weighted by Crippen LogP contribution is -2.44. The molecule has 2 fully saturated rings. The van der Waals surface area contributed by atoms with Crippen LogP contribution in [0.1, 0.15) is 38.5 Å². The molecule has 0 aliphatic heterocycles. The Labute approximate surface area is 97.8 Å². The summed E-state index contributed by atoms with van der Waals surface area (Å²) in [7, 11) is 0. The summed E-state index contributed by atoms with van der Waals surface area (Å²) in [6.07, 6.45) is 10.5. The zero-order chi connectivity index (χ0) is 10.7. The molecular weight excluding hydrogens is 204 g/mol. The quantitative estimate of drug-likeness (QED) is 0.773. The summed E-state index contributed by atoms with van der Waals surface area (Å²) in [5.74, 6) is 0.744. The third-order valence-corrected chi connectivity index (χ3v) is 5.32. The van der Waals surface area contributed by atoms with Crippen molar-refractivity contribution in [3.63, 3.8) is 0 Å². The Kier molecular flexibility index (Phi) is 4.35. The molecule has 0 amide bonds. The van der Waals surface area contributed by atoms with E-state index >= 15 is 0 Å². The van der Waals surface area contributed by atoms with E-state index in [1.54, 1.807) is 0 Å². The minimum Gasteiger partial charge on any atom is -0.330 e. The van der Waals surface area contributed by atoms with Gasteiger partial charge in [0.15, 0.2) is 0 Å². The molecule has 3 N–H and O–H groups in total. The highest BCUT2D eigenvalue weighted by atomic mass is 32.2. The second kappa shape index (κ2) is 5.55. The van der Waals surface area contributed by atoms with Gasteiger partial charge in [0.25, 0.3) is 0 Å². The van der Waals surface area contributed by atoms with Crippen molar-refractivity contribution in [3.8, 4) is 0 Å². The molecule has 3 heteroatoms. The van der Waals surface area contributed by atoms with E-state index in [9.17, 15) is 0 Å². The Morgan fingerprint density at radius 1 is 1.13 bits per heavy atom. The average molecular weight is 228 g/mol. The van der Waals surface area contributed by atoms with Crippen LogP contribution in [0.4, 0.5) is 0 Å². The summed E-state index contributed by atoms with van der Waals surface area (Å²) in [5.41, 5.74) is 5.82. The Hall–Kier alpha value is 0.270. The molecule has 2 aliphatic rings. The van der Waals surface area contributed by atoms with Crippen LogP contribution in [-0.2, 0) is 0 Å². The van der Waals surface area contributed by atoms with Crippen LogP contribution >= 0.6 is 11.8 Å². The van der Waals surface area contributed by atoms with Crippen LogP contribution in [-0.4, -0.2) is 30.1 Å². The second-order valence-electron chi connectivity index (χ2n) is 5.01. The Balaban J connectivity index is 1.84. The highest BCUT2D eigenvalue weighted by Crippen LogP contribution is 2.32. The summed E-state index contributed by atoms with van der Waals surface area (Å²) >= 11 is 2.04. The van der Waals surface area contributed by atoms with Crippen LogP contribution in [0.15, 0.2) is 0 Å². The number of hydrogen-bond donors (Lipinski definition) is 2. The van der Waals surface area contributed by atoms with Crippen LogP contribution < -0.4 is 11.1 Å². The topological polar surface area (TPSA) is 38.0 Å². The summed E-state index contributed by atoms with van der Waals surface area (Å²) in [5, 5.41) is 4.73. The van der Waals surface area contributed by atoms with E-state index in [1.165, 1.54) is 38.5 Å². The van der Waals surface area contributed by atoms with Gasteiger partial charge >= 0.3 is 0 Å². The van der Waals surface area contributed by atoms with Crippen molar-refractivity contribution in [2.45, 2.75) is 55.9 Å². The molecule has 4 unspecified atom stereocenters. The first-order valence-electron chi connectivity index (χ1n) is 6.34. The molecule has 88 valence electrons. The SMILES string of the molecule is CSC1CCCC1NC1CCCC1CN. The lowest BCUT2D eigenvalue weighted by molar-refractivity contribution is 0.364. The second-order valence-corrected chi connectivity index (χ2v) is 6.09. The Morgan fingerprint density at radius 3 is 2.60 bits per heavy atom. The Bertz CT molecular complexity index is 178. The molecule has 0 heterocycles. The molecule has 0 spiro atoms. The average Bonchev–Trinajstić information content (AvgIpc) is 2.87. The van der Waals surface area contributed by atoms with E-state index in [2.05, 4.69) is 11.6 Å². The van der Waals surface area contributed by atoms with Crippen LogP contribution in [0.5, 0.6) is 0 Å². The van der Waals surface area contributed by atoms with Gasteiger partial charge in [-0.25, -0.2) is 0 Å². The molecule has 2 aliphatic carbocycles. The predicted molar refractivity (Wildman–Crippen MR) is 68.3 cm³/mol. The number of nitrogens with two attached hydrogens (primary N) is 1. The van der Waals surface area contributed by atoms with Gasteiger partial charge in [-0.05, 0) is 44.4 Å². The van der Waals surface area contributed by atoms with Gasteiger partial charge in [-0.2, -0.15) is 11.8 Å².